The topological polar surface area (TPSA) is 331 Å². The van der Waals surface area contributed by atoms with Gasteiger partial charge in [0.1, 0.15) is 28.7 Å². The Labute approximate surface area is 804 Å². The van der Waals surface area contributed by atoms with Gasteiger partial charge in [0.2, 0.25) is 17.6 Å². The summed E-state index contributed by atoms with van der Waals surface area (Å²) in [5.74, 6) is 6.87. The molecule has 12 aromatic carbocycles. The second-order valence-electron chi connectivity index (χ2n) is 28.7. The smallest absolute Gasteiger partial charge is 0.321 e. The Kier molecular flexibility index (Phi) is 66.0. The summed E-state index contributed by atoms with van der Waals surface area (Å²) < 4.78 is 60.4. The zero-order chi connectivity index (χ0) is 99.8. The lowest BCUT2D eigenvalue weighted by Crippen LogP contribution is -2.36. The lowest BCUT2D eigenvalue weighted by atomic mass is 10.1. The third-order valence-electron chi connectivity index (χ3n) is 18.5. The maximum absolute atomic E-state index is 11.3. The summed E-state index contributed by atoms with van der Waals surface area (Å²) in [4.78, 5) is 71.0. The summed E-state index contributed by atoms with van der Waals surface area (Å²) in [6.45, 7) is 12.9. The molecule has 27 nitrogen and oxygen atoms in total. The molecule has 136 heavy (non-hydrogen) atoms. The number of anilines is 3. The van der Waals surface area contributed by atoms with Gasteiger partial charge in [-0.25, -0.2) is 9.59 Å². The van der Waals surface area contributed by atoms with Crippen LogP contribution in [0.15, 0.2) is 334 Å². The number of phenols is 1. The number of nitrogens with zero attached hydrogens (tertiary/aromatic N) is 3. The fourth-order valence-electron chi connectivity index (χ4n) is 11.4. The van der Waals surface area contributed by atoms with E-state index in [9.17, 15) is 28.8 Å². The van der Waals surface area contributed by atoms with Crippen molar-refractivity contribution >= 4 is 52.5 Å². The minimum Gasteiger partial charge on any atom is -0.508 e. The highest BCUT2D eigenvalue weighted by molar-refractivity contribution is 5.98. The number of carbonyl (C=O) groups is 6. The first-order valence-electron chi connectivity index (χ1n) is 44.0. The van der Waals surface area contributed by atoms with Gasteiger partial charge < -0.3 is 104 Å². The van der Waals surface area contributed by atoms with Crippen LogP contribution in [-0.2, 0) is 37.0 Å². The molecule has 6 amide bonds. The second kappa shape index (κ2) is 76.6. The molecule has 14 rings (SSSR count). The number of morpholine rings is 1. The van der Waals surface area contributed by atoms with E-state index in [0.29, 0.717) is 48.1 Å². The number of Topliss-reactive ketones (excluding diaryl/α,β-unsaturated/α-hetero) is 2. The normalized spacial score (nSPS) is 10.8. The van der Waals surface area contributed by atoms with E-state index in [4.69, 9.17) is 73.4 Å². The Balaban J connectivity index is 0.000000499. The van der Waals surface area contributed by atoms with E-state index in [-0.39, 0.29) is 36.3 Å². The van der Waals surface area contributed by atoms with Crippen molar-refractivity contribution in [2.24, 2.45) is 11.5 Å². The van der Waals surface area contributed by atoms with Gasteiger partial charge in [-0.2, -0.15) is 0 Å². The first-order chi connectivity index (χ1) is 66.0. The van der Waals surface area contributed by atoms with Crippen molar-refractivity contribution in [3.05, 3.63) is 356 Å². The average Bonchev–Trinajstić information content (AvgIpc) is 0.845. The zero-order valence-corrected chi connectivity index (χ0v) is 81.4. The molecule has 0 bridgehead atoms. The number of amides is 6. The van der Waals surface area contributed by atoms with Gasteiger partial charge in [0.05, 0.1) is 90.4 Å². The molecule has 0 aromatic heterocycles. The number of ketones is 2. The van der Waals surface area contributed by atoms with Gasteiger partial charge in [-0.1, -0.05) is 232 Å². The van der Waals surface area contributed by atoms with Gasteiger partial charge in [0, 0.05) is 115 Å². The van der Waals surface area contributed by atoms with Crippen molar-refractivity contribution in [2.75, 3.05) is 160 Å². The molecule has 2 saturated heterocycles. The Morgan fingerprint density at radius 1 is 0.397 bits per heavy atom. The standard InChI is InChI=1S/C10H11NO2.C10H13NO.C9H12N2O.C9H12O3.C9H10O.C8H10N2O.C8H17NO.C8H9NO.3C8H10O2.C8H10O.C6H6O/c11-10(13)7-6-9(12)8-4-2-1-3-5-8;1-2-4-10(5-3-1)11-6-8-12-9-7-11;1-11(2)9(12)10-8-6-4-3-5-7-8;1-10-7-5-4-6-8(11-2)9(7)12-3;1-2-9(10)8-6-4-3-5-7-8;9-8(11)10-6-7-4-2-1-3-5-7;1-10-8-7-9-5-3-2-4-6-9;1-7(10)9-8-5-3-2-4-6-8;1-9-7-3-5-8(10-2)6-4-7;1-9-7-4-3-5-8(6-7)10-2;1-9-7-5-3-4-6-8(7)10-2;1-9-7-8-5-3-2-4-6-8;7-6-4-2-1-3-5-6/h1-5H,6-7H2,(H2,11,13);1-5H,6-9H2;3-7H,1-2H3,(H,10,12);4-6H,1-3H3;3-7H,2H2,1H3;1-5H,6H2,(H3,9,10,11);2-8H2,1H3;2-6H,1H3,(H,9,10);3*3-6H,1-2H3;2-6H,7H2,1H3;1-5,7H. The Bertz CT molecular complexity index is 4930. The number of para-hydroxylation sites is 7. The van der Waals surface area contributed by atoms with Crippen molar-refractivity contribution in [1.29, 1.82) is 0 Å². The van der Waals surface area contributed by atoms with Crippen LogP contribution in [0.3, 0.4) is 0 Å². The quantitative estimate of drug-likeness (QED) is 0.0290. The van der Waals surface area contributed by atoms with E-state index in [2.05, 4.69) is 50.0 Å². The van der Waals surface area contributed by atoms with Crippen LogP contribution in [0, 0.1) is 0 Å². The first-order valence-corrected chi connectivity index (χ1v) is 44.0. The number of ether oxygens (including phenoxy) is 12. The molecule has 0 unspecified atom stereocenters. The van der Waals surface area contributed by atoms with Crippen molar-refractivity contribution in [1.82, 2.24) is 15.1 Å². The number of nitrogens with two attached hydrogens (primary N) is 2. The molecule has 2 heterocycles. The summed E-state index contributed by atoms with van der Waals surface area (Å²) in [6, 6.07) is 103. The van der Waals surface area contributed by atoms with Crippen molar-refractivity contribution < 1.29 is 90.7 Å². The number of piperidine rings is 1. The number of methoxy groups -OCH3 is 11. The SMILES string of the molecule is CC(=O)Nc1ccccc1.CCC(=O)c1ccccc1.CN(C)C(=O)Nc1ccccc1.COCCN1CCCCC1.COCc1ccccc1.COc1ccc(OC)cc1.COc1cccc(OC)c1.COc1cccc(OC)c1OC.COc1ccccc1OC.NC(=O)CCC(=O)c1ccccc1.NC(=O)NCc1ccccc1.Oc1ccccc1.c1ccc(N2CCOCC2)cc1. The van der Waals surface area contributed by atoms with E-state index in [0.717, 1.165) is 96.5 Å². The number of hydrogen-bond acceptors (Lipinski definition) is 21. The van der Waals surface area contributed by atoms with Gasteiger partial charge in [0.15, 0.2) is 34.6 Å². The van der Waals surface area contributed by atoms with Crippen LogP contribution in [0.1, 0.15) is 84.2 Å². The van der Waals surface area contributed by atoms with Crippen LogP contribution in [0.2, 0.25) is 0 Å². The average molecular weight is 1870 g/mol. The van der Waals surface area contributed by atoms with E-state index < -0.39 is 11.9 Å². The fraction of sp³-hybridized carbons (Fsp3) is 0.284. The molecule has 2 aliphatic rings. The molecule has 0 radical (unpaired) electrons. The van der Waals surface area contributed by atoms with Crippen LogP contribution in [-0.4, -0.2) is 195 Å². The highest BCUT2D eigenvalue weighted by Gasteiger charge is 2.13. The summed E-state index contributed by atoms with van der Waals surface area (Å²) in [6.07, 6.45) is 5.08. The highest BCUT2D eigenvalue weighted by Crippen LogP contribution is 2.36. The van der Waals surface area contributed by atoms with Crippen LogP contribution < -0.4 is 74.9 Å². The third kappa shape index (κ3) is 56.7. The molecule has 2 aliphatic heterocycles. The van der Waals surface area contributed by atoms with E-state index in [1.165, 1.54) is 55.4 Å². The molecular weight excluding hydrogens is 1730 g/mol. The Morgan fingerprint density at radius 3 is 1.16 bits per heavy atom. The summed E-state index contributed by atoms with van der Waals surface area (Å²) in [5, 5.41) is 16.5. The molecule has 0 saturated carbocycles. The number of aromatic hydroxyl groups is 1. The number of likely N-dealkylation sites (tertiary alicyclic amines) is 1. The minimum absolute atomic E-state index is 0.0359. The van der Waals surface area contributed by atoms with E-state index in [1.54, 1.807) is 141 Å². The predicted molar refractivity (Wildman–Crippen MR) is 545 cm³/mol. The largest absolute Gasteiger partial charge is 0.508 e. The fourth-order valence-corrected chi connectivity index (χ4v) is 11.4. The number of carbonyl (C=O) groups excluding carboxylic acids is 6. The van der Waals surface area contributed by atoms with E-state index in [1.807, 2.05) is 268 Å². The monoisotopic (exact) mass is 1870 g/mol. The van der Waals surface area contributed by atoms with Gasteiger partial charge in [0.25, 0.3) is 0 Å². The number of nitrogens with one attached hydrogen (secondary N) is 3. The van der Waals surface area contributed by atoms with Crippen molar-refractivity contribution in [3.63, 3.8) is 0 Å². The number of rotatable bonds is 25. The number of benzene rings is 12. The van der Waals surface area contributed by atoms with Gasteiger partial charge in [-0.05, 0) is 146 Å². The molecular formula is C109H140N8O19. The van der Waals surface area contributed by atoms with Gasteiger partial charge in [-0.3, -0.25) is 19.2 Å². The van der Waals surface area contributed by atoms with Gasteiger partial charge >= 0.3 is 12.1 Å². The lowest BCUT2D eigenvalue weighted by Gasteiger charge is -2.28. The Morgan fingerprint density at radius 2 is 0.787 bits per heavy atom. The van der Waals surface area contributed by atoms with Gasteiger partial charge in [-0.15, -0.1) is 0 Å². The molecule has 2 fully saturated rings. The molecule has 0 aliphatic carbocycles. The molecule has 8 N–H and O–H groups in total. The minimum atomic E-state index is -0.492. The lowest BCUT2D eigenvalue weighted by molar-refractivity contribution is -0.118. The van der Waals surface area contributed by atoms with Crippen LogP contribution in [0.25, 0.3) is 0 Å². The maximum atomic E-state index is 11.3. The van der Waals surface area contributed by atoms with Crippen molar-refractivity contribution in [2.45, 2.75) is 65.5 Å². The second-order valence-corrected chi connectivity index (χ2v) is 28.7. The van der Waals surface area contributed by atoms with E-state index >= 15 is 0 Å². The van der Waals surface area contributed by atoms with Crippen molar-refractivity contribution in [3.8, 4) is 57.5 Å². The molecule has 730 valence electrons. The summed E-state index contributed by atoms with van der Waals surface area (Å²) in [7, 11) is 21.4. The third-order valence-corrected chi connectivity index (χ3v) is 18.5. The highest BCUT2D eigenvalue weighted by atomic mass is 16.5. The predicted octanol–water partition coefficient (Wildman–Crippen LogP) is 20.4. The molecule has 0 atom stereocenters. The Hall–Kier alpha value is -14.9. The molecule has 0 spiro atoms. The summed E-state index contributed by atoms with van der Waals surface area (Å²) >= 11 is 0. The van der Waals surface area contributed by atoms with Crippen LogP contribution >= 0.6 is 0 Å². The number of hydrogen-bond donors (Lipinski definition) is 6. The van der Waals surface area contributed by atoms with Crippen LogP contribution in [0.4, 0.5) is 26.7 Å². The molecule has 12 aromatic rings. The first kappa shape index (κ1) is 117. The number of phenolic OH excluding ortho intramolecular Hbond substituents is 1. The maximum Gasteiger partial charge on any atom is 0.321 e. The zero-order valence-electron chi connectivity index (χ0n) is 81.4. The number of urea groups is 2. The molecule has 27 heteroatoms. The summed E-state index contributed by atoms with van der Waals surface area (Å²) in [5.41, 5.74) is 16.5. The number of primary amides is 2. The van der Waals surface area contributed by atoms with Crippen LogP contribution in [0.5, 0.6) is 57.5 Å².